The smallest absolute Gasteiger partial charge is 0.225 e. The van der Waals surface area contributed by atoms with E-state index in [4.69, 9.17) is 11.6 Å². The maximum absolute atomic E-state index is 11.4. The number of likely N-dealkylation sites (tertiary alicyclic amines) is 1. The number of carbonyl (C=O) groups is 1. The lowest BCUT2D eigenvalue weighted by atomic mass is 9.90. The number of hydrogen-bond donors (Lipinski definition) is 0. The fraction of sp³-hybridized carbons (Fsp3) is 0.875. The predicted molar refractivity (Wildman–Crippen MR) is 43.5 cm³/mol. The summed E-state index contributed by atoms with van der Waals surface area (Å²) < 4.78 is 0. The van der Waals surface area contributed by atoms with Crippen LogP contribution in [-0.2, 0) is 4.79 Å². The highest BCUT2D eigenvalue weighted by atomic mass is 35.5. The number of hydrogen-bond acceptors (Lipinski definition) is 1. The molecule has 2 fully saturated rings. The molecular formula is C8H12ClNO. The van der Waals surface area contributed by atoms with Crippen LogP contribution in [0.15, 0.2) is 0 Å². The van der Waals surface area contributed by atoms with Gasteiger partial charge in [0.25, 0.3) is 0 Å². The summed E-state index contributed by atoms with van der Waals surface area (Å²) in [5, 5.41) is 0.197. The van der Waals surface area contributed by atoms with Crippen LogP contribution in [0.3, 0.4) is 0 Å². The summed E-state index contributed by atoms with van der Waals surface area (Å²) in [6.07, 6.45) is 2.99. The molecule has 2 bridgehead atoms. The molecule has 62 valence electrons. The van der Waals surface area contributed by atoms with Crippen molar-refractivity contribution >= 4 is 17.5 Å². The van der Waals surface area contributed by atoms with Crippen molar-refractivity contribution in [1.29, 1.82) is 0 Å². The van der Waals surface area contributed by atoms with Crippen LogP contribution in [-0.4, -0.2) is 29.3 Å². The third-order valence-electron chi connectivity index (χ3n) is 2.93. The minimum Gasteiger partial charge on any atom is -0.341 e. The van der Waals surface area contributed by atoms with Crippen LogP contribution in [0.4, 0.5) is 0 Å². The average molecular weight is 174 g/mol. The molecule has 0 radical (unpaired) electrons. The molecular weight excluding hydrogens is 162 g/mol. The molecule has 1 aliphatic heterocycles. The van der Waals surface area contributed by atoms with Gasteiger partial charge in [-0.3, -0.25) is 4.79 Å². The molecule has 0 spiro atoms. The zero-order chi connectivity index (χ0) is 8.01. The number of nitrogens with zero attached hydrogens (tertiary/aromatic N) is 1. The van der Waals surface area contributed by atoms with E-state index >= 15 is 0 Å². The van der Waals surface area contributed by atoms with Gasteiger partial charge < -0.3 is 4.90 Å². The lowest BCUT2D eigenvalue weighted by Crippen LogP contribution is -2.34. The summed E-state index contributed by atoms with van der Waals surface area (Å²) in [6.45, 7) is 0. The average Bonchev–Trinajstić information content (AvgIpc) is 2.24. The minimum absolute atomic E-state index is 0.197. The summed E-state index contributed by atoms with van der Waals surface area (Å²) in [6, 6.07) is 0.322. The number of halogens is 1. The van der Waals surface area contributed by atoms with Gasteiger partial charge in [0.05, 0.1) is 5.38 Å². The zero-order valence-corrected chi connectivity index (χ0v) is 7.34. The first-order valence-electron chi connectivity index (χ1n) is 4.11. The molecule has 0 aromatic heterocycles. The van der Waals surface area contributed by atoms with Gasteiger partial charge in [0.2, 0.25) is 5.91 Å². The molecule has 1 aliphatic carbocycles. The molecule has 3 atom stereocenters. The Hall–Kier alpha value is -0.240. The quantitative estimate of drug-likeness (QED) is 0.505. The van der Waals surface area contributed by atoms with E-state index in [1.165, 1.54) is 0 Å². The van der Waals surface area contributed by atoms with Crippen molar-refractivity contribution in [2.45, 2.75) is 30.7 Å². The van der Waals surface area contributed by atoms with Gasteiger partial charge >= 0.3 is 0 Å². The van der Waals surface area contributed by atoms with Crippen LogP contribution in [0, 0.1) is 5.92 Å². The predicted octanol–water partition coefficient (Wildman–Crippen LogP) is 1.23. The van der Waals surface area contributed by atoms with Crippen LogP contribution in [0.5, 0.6) is 0 Å². The number of carbonyl (C=O) groups excluding carboxylic acids is 1. The Morgan fingerprint density at radius 2 is 2.27 bits per heavy atom. The fourth-order valence-electron chi connectivity index (χ4n) is 2.19. The molecule has 1 heterocycles. The minimum atomic E-state index is 0.197. The normalized spacial score (nSPS) is 43.3. The van der Waals surface area contributed by atoms with Crippen molar-refractivity contribution < 1.29 is 4.79 Å². The van der Waals surface area contributed by atoms with Crippen LogP contribution in [0.1, 0.15) is 19.3 Å². The summed E-state index contributed by atoms with van der Waals surface area (Å²) in [7, 11) is 1.87. The van der Waals surface area contributed by atoms with E-state index in [0.29, 0.717) is 17.9 Å². The van der Waals surface area contributed by atoms with Crippen molar-refractivity contribution in [3.05, 3.63) is 0 Å². The first-order valence-corrected chi connectivity index (χ1v) is 4.54. The lowest BCUT2D eigenvalue weighted by molar-refractivity contribution is -0.130. The highest BCUT2D eigenvalue weighted by Crippen LogP contribution is 2.37. The molecule has 1 amide bonds. The Morgan fingerprint density at radius 1 is 1.55 bits per heavy atom. The van der Waals surface area contributed by atoms with Gasteiger partial charge in [0.15, 0.2) is 0 Å². The molecule has 0 aromatic carbocycles. The maximum Gasteiger partial charge on any atom is 0.225 e. The van der Waals surface area contributed by atoms with Crippen LogP contribution >= 0.6 is 11.6 Å². The van der Waals surface area contributed by atoms with Gasteiger partial charge in [-0.05, 0) is 19.3 Å². The Bertz CT molecular complexity index is 195. The Labute approximate surface area is 71.5 Å². The molecule has 1 unspecified atom stereocenters. The van der Waals surface area contributed by atoms with Gasteiger partial charge in [0, 0.05) is 19.0 Å². The van der Waals surface area contributed by atoms with E-state index in [2.05, 4.69) is 0 Å². The van der Waals surface area contributed by atoms with Crippen molar-refractivity contribution in [2.24, 2.45) is 5.92 Å². The highest BCUT2D eigenvalue weighted by molar-refractivity contribution is 6.21. The standard InChI is InChI=1S/C8H12ClNO/c1-10-7-4-5(8(10)11)2-3-6(7)9/h5-7H,2-4H2,1H3/t5-,6?,7-/m0/s1. The van der Waals surface area contributed by atoms with E-state index in [1.807, 2.05) is 11.9 Å². The summed E-state index contributed by atoms with van der Waals surface area (Å²) in [5.74, 6) is 0.596. The number of alkyl halides is 1. The molecule has 0 N–H and O–H groups in total. The first kappa shape index (κ1) is 7.41. The van der Waals surface area contributed by atoms with Gasteiger partial charge in [-0.25, -0.2) is 0 Å². The molecule has 0 aromatic rings. The highest BCUT2D eigenvalue weighted by Gasteiger charge is 2.44. The van der Waals surface area contributed by atoms with Crippen molar-refractivity contribution in [2.75, 3.05) is 7.05 Å². The van der Waals surface area contributed by atoms with E-state index in [-0.39, 0.29) is 5.38 Å². The largest absolute Gasteiger partial charge is 0.341 e. The third-order valence-corrected chi connectivity index (χ3v) is 3.44. The molecule has 2 rings (SSSR count). The Morgan fingerprint density at radius 3 is 2.91 bits per heavy atom. The van der Waals surface area contributed by atoms with E-state index in [9.17, 15) is 4.79 Å². The van der Waals surface area contributed by atoms with Gasteiger partial charge in [-0.15, -0.1) is 11.6 Å². The van der Waals surface area contributed by atoms with Gasteiger partial charge in [0.1, 0.15) is 0 Å². The number of rotatable bonds is 0. The van der Waals surface area contributed by atoms with Crippen LogP contribution in [0.25, 0.3) is 0 Å². The van der Waals surface area contributed by atoms with E-state index < -0.39 is 0 Å². The first-order chi connectivity index (χ1) is 5.20. The third kappa shape index (κ3) is 0.959. The van der Waals surface area contributed by atoms with Gasteiger partial charge in [-0.2, -0.15) is 0 Å². The number of amides is 1. The van der Waals surface area contributed by atoms with Crippen molar-refractivity contribution in [3.63, 3.8) is 0 Å². The molecule has 3 heteroatoms. The van der Waals surface area contributed by atoms with E-state index in [1.54, 1.807) is 0 Å². The van der Waals surface area contributed by atoms with Crippen molar-refractivity contribution in [3.8, 4) is 0 Å². The molecule has 11 heavy (non-hydrogen) atoms. The van der Waals surface area contributed by atoms with Crippen LogP contribution in [0.2, 0.25) is 0 Å². The molecule has 1 saturated carbocycles. The summed E-state index contributed by atoms with van der Waals surface area (Å²) >= 11 is 6.08. The topological polar surface area (TPSA) is 20.3 Å². The van der Waals surface area contributed by atoms with Crippen molar-refractivity contribution in [1.82, 2.24) is 4.90 Å². The Balaban J connectivity index is 2.22. The molecule has 1 saturated heterocycles. The fourth-order valence-corrected chi connectivity index (χ4v) is 2.58. The maximum atomic E-state index is 11.4. The second-order valence-electron chi connectivity index (χ2n) is 3.54. The van der Waals surface area contributed by atoms with E-state index in [0.717, 1.165) is 19.3 Å². The lowest BCUT2D eigenvalue weighted by Gasteiger charge is -2.25. The second-order valence-corrected chi connectivity index (χ2v) is 4.10. The zero-order valence-electron chi connectivity index (χ0n) is 6.59. The SMILES string of the molecule is CN1C(=O)[C@H]2CCC(Cl)[C@@H]1C2. The molecule has 2 nitrogen and oxygen atoms in total. The summed E-state index contributed by atoms with van der Waals surface area (Å²) in [4.78, 5) is 13.2. The summed E-state index contributed by atoms with van der Waals surface area (Å²) in [5.41, 5.74) is 0. The molecule has 2 aliphatic rings. The monoisotopic (exact) mass is 173 g/mol. The second kappa shape index (κ2) is 2.37. The van der Waals surface area contributed by atoms with Gasteiger partial charge in [-0.1, -0.05) is 0 Å². The van der Waals surface area contributed by atoms with Crippen LogP contribution < -0.4 is 0 Å². The Kier molecular flexibility index (Phi) is 1.60. The number of fused-ring (bicyclic) bond motifs is 2.